The van der Waals surface area contributed by atoms with Gasteiger partial charge in [0.15, 0.2) is 0 Å². The molecule has 0 aromatic carbocycles. The largest absolute Gasteiger partial charge is 0.309 e. The predicted molar refractivity (Wildman–Crippen MR) is 43.3 cm³/mol. The number of rotatable bonds is 0. The SMILES string of the molecule is FC1CCNC12CCCCC2. The Labute approximate surface area is 67.4 Å². The van der Waals surface area contributed by atoms with Crippen LogP contribution in [-0.2, 0) is 0 Å². The zero-order valence-electron chi connectivity index (χ0n) is 6.91. The minimum atomic E-state index is -0.567. The third kappa shape index (κ3) is 1.18. The van der Waals surface area contributed by atoms with E-state index in [0.717, 1.165) is 25.8 Å². The van der Waals surface area contributed by atoms with Gasteiger partial charge < -0.3 is 5.32 Å². The molecular formula is C9H16FN. The van der Waals surface area contributed by atoms with Crippen LogP contribution in [0.2, 0.25) is 0 Å². The van der Waals surface area contributed by atoms with E-state index in [9.17, 15) is 4.39 Å². The molecule has 1 spiro atoms. The van der Waals surface area contributed by atoms with Crippen LogP contribution in [0.25, 0.3) is 0 Å². The van der Waals surface area contributed by atoms with Crippen molar-refractivity contribution in [3.05, 3.63) is 0 Å². The van der Waals surface area contributed by atoms with Crippen LogP contribution in [0, 0.1) is 0 Å². The van der Waals surface area contributed by atoms with E-state index in [4.69, 9.17) is 0 Å². The van der Waals surface area contributed by atoms with Crippen LogP contribution in [-0.4, -0.2) is 18.3 Å². The lowest BCUT2D eigenvalue weighted by Gasteiger charge is -2.35. The maximum Gasteiger partial charge on any atom is 0.119 e. The molecule has 0 amide bonds. The van der Waals surface area contributed by atoms with Crippen LogP contribution in [0.15, 0.2) is 0 Å². The zero-order valence-corrected chi connectivity index (χ0v) is 6.91. The van der Waals surface area contributed by atoms with Crippen LogP contribution in [0.4, 0.5) is 4.39 Å². The van der Waals surface area contributed by atoms with Crippen molar-refractivity contribution < 1.29 is 4.39 Å². The van der Waals surface area contributed by atoms with Crippen molar-refractivity contribution in [3.63, 3.8) is 0 Å². The number of halogens is 1. The molecular weight excluding hydrogens is 141 g/mol. The van der Waals surface area contributed by atoms with E-state index in [0.29, 0.717) is 0 Å². The number of alkyl halides is 1. The highest BCUT2D eigenvalue weighted by molar-refractivity contribution is 5.01. The van der Waals surface area contributed by atoms with Crippen molar-refractivity contribution in [2.24, 2.45) is 0 Å². The highest BCUT2D eigenvalue weighted by Gasteiger charge is 2.43. The van der Waals surface area contributed by atoms with Crippen molar-refractivity contribution in [2.45, 2.75) is 50.2 Å². The molecule has 1 N–H and O–H groups in total. The Hall–Kier alpha value is -0.110. The molecule has 1 nitrogen and oxygen atoms in total. The molecule has 2 heteroatoms. The Morgan fingerprint density at radius 3 is 2.45 bits per heavy atom. The van der Waals surface area contributed by atoms with Crippen LogP contribution in [0.5, 0.6) is 0 Å². The van der Waals surface area contributed by atoms with Gasteiger partial charge in [-0.3, -0.25) is 0 Å². The van der Waals surface area contributed by atoms with Gasteiger partial charge >= 0.3 is 0 Å². The van der Waals surface area contributed by atoms with Gasteiger partial charge in [-0.25, -0.2) is 4.39 Å². The monoisotopic (exact) mass is 157 g/mol. The van der Waals surface area contributed by atoms with E-state index in [1.807, 2.05) is 0 Å². The summed E-state index contributed by atoms with van der Waals surface area (Å²) in [6.45, 7) is 0.890. The van der Waals surface area contributed by atoms with E-state index in [-0.39, 0.29) is 5.54 Å². The lowest BCUT2D eigenvalue weighted by molar-refractivity contribution is 0.150. The van der Waals surface area contributed by atoms with Gasteiger partial charge in [0.25, 0.3) is 0 Å². The summed E-state index contributed by atoms with van der Waals surface area (Å²) in [6.07, 6.45) is 6.03. The molecule has 0 aromatic rings. The van der Waals surface area contributed by atoms with Gasteiger partial charge in [-0.1, -0.05) is 19.3 Å². The standard InChI is InChI=1S/C9H16FN/c10-8-4-7-11-9(8)5-2-1-3-6-9/h8,11H,1-7H2. The van der Waals surface area contributed by atoms with Crippen LogP contribution < -0.4 is 5.32 Å². The summed E-state index contributed by atoms with van der Waals surface area (Å²) in [4.78, 5) is 0. The maximum absolute atomic E-state index is 13.4. The fourth-order valence-corrected chi connectivity index (χ4v) is 2.51. The first-order chi connectivity index (χ1) is 5.33. The normalized spacial score (nSPS) is 36.3. The first kappa shape index (κ1) is 7.53. The van der Waals surface area contributed by atoms with Crippen molar-refractivity contribution in [1.29, 1.82) is 0 Å². The average Bonchev–Trinajstić information content (AvgIpc) is 2.36. The molecule has 1 heterocycles. The summed E-state index contributed by atoms with van der Waals surface area (Å²) in [5.41, 5.74) is -0.0851. The van der Waals surface area contributed by atoms with E-state index >= 15 is 0 Å². The molecule has 11 heavy (non-hydrogen) atoms. The number of hydrogen-bond acceptors (Lipinski definition) is 1. The molecule has 2 aliphatic rings. The zero-order chi connectivity index (χ0) is 7.73. The lowest BCUT2D eigenvalue weighted by Crippen LogP contribution is -2.47. The number of nitrogens with one attached hydrogen (secondary N) is 1. The summed E-state index contributed by atoms with van der Waals surface area (Å²) in [7, 11) is 0. The third-order valence-electron chi connectivity index (χ3n) is 3.22. The molecule has 1 saturated heterocycles. The minimum Gasteiger partial charge on any atom is -0.309 e. The van der Waals surface area contributed by atoms with Crippen molar-refractivity contribution >= 4 is 0 Å². The Kier molecular flexibility index (Phi) is 1.88. The molecule has 1 aliphatic heterocycles. The van der Waals surface area contributed by atoms with E-state index in [1.165, 1.54) is 19.3 Å². The second kappa shape index (κ2) is 2.74. The predicted octanol–water partition coefficient (Wildman–Crippen LogP) is 2.02. The second-order valence-electron chi connectivity index (χ2n) is 3.90. The first-order valence-corrected chi connectivity index (χ1v) is 4.73. The van der Waals surface area contributed by atoms with Crippen LogP contribution in [0.1, 0.15) is 38.5 Å². The average molecular weight is 157 g/mol. The first-order valence-electron chi connectivity index (χ1n) is 4.73. The summed E-state index contributed by atoms with van der Waals surface area (Å²) < 4.78 is 13.4. The third-order valence-corrected chi connectivity index (χ3v) is 3.22. The van der Waals surface area contributed by atoms with Crippen LogP contribution >= 0.6 is 0 Å². The second-order valence-corrected chi connectivity index (χ2v) is 3.90. The molecule has 64 valence electrons. The van der Waals surface area contributed by atoms with Gasteiger partial charge in [-0.15, -0.1) is 0 Å². The highest BCUT2D eigenvalue weighted by Crippen LogP contribution is 2.36. The molecule has 1 atom stereocenters. The Morgan fingerprint density at radius 1 is 1.18 bits per heavy atom. The van der Waals surface area contributed by atoms with Gasteiger partial charge in [-0.05, 0) is 25.8 Å². The summed E-state index contributed by atoms with van der Waals surface area (Å²) in [5.74, 6) is 0. The molecule has 0 bridgehead atoms. The van der Waals surface area contributed by atoms with Gasteiger partial charge in [0.1, 0.15) is 6.17 Å². The Bertz CT molecular complexity index is 140. The fraction of sp³-hybridized carbons (Fsp3) is 1.00. The van der Waals surface area contributed by atoms with Crippen molar-refractivity contribution in [2.75, 3.05) is 6.54 Å². The molecule has 1 unspecified atom stereocenters. The summed E-state index contributed by atoms with van der Waals surface area (Å²) in [5, 5.41) is 3.35. The van der Waals surface area contributed by atoms with Crippen LogP contribution in [0.3, 0.4) is 0 Å². The smallest absolute Gasteiger partial charge is 0.119 e. The highest BCUT2D eigenvalue weighted by atomic mass is 19.1. The topological polar surface area (TPSA) is 12.0 Å². The Balaban J connectivity index is 2.06. The number of hydrogen-bond donors (Lipinski definition) is 1. The van der Waals surface area contributed by atoms with E-state index in [2.05, 4.69) is 5.32 Å². The van der Waals surface area contributed by atoms with Gasteiger partial charge in [0, 0.05) is 5.54 Å². The van der Waals surface area contributed by atoms with E-state index < -0.39 is 6.17 Å². The fourth-order valence-electron chi connectivity index (χ4n) is 2.51. The molecule has 2 fully saturated rings. The minimum absolute atomic E-state index is 0.0851. The maximum atomic E-state index is 13.4. The van der Waals surface area contributed by atoms with Gasteiger partial charge in [-0.2, -0.15) is 0 Å². The quantitative estimate of drug-likeness (QED) is 0.567. The molecule has 2 rings (SSSR count). The van der Waals surface area contributed by atoms with Gasteiger partial charge in [0.2, 0.25) is 0 Å². The summed E-state index contributed by atoms with van der Waals surface area (Å²) >= 11 is 0. The summed E-state index contributed by atoms with van der Waals surface area (Å²) in [6, 6.07) is 0. The van der Waals surface area contributed by atoms with Crippen molar-refractivity contribution in [3.8, 4) is 0 Å². The molecule has 1 saturated carbocycles. The van der Waals surface area contributed by atoms with Crippen molar-refractivity contribution in [1.82, 2.24) is 5.32 Å². The molecule has 0 radical (unpaired) electrons. The Morgan fingerprint density at radius 2 is 1.91 bits per heavy atom. The van der Waals surface area contributed by atoms with E-state index in [1.54, 1.807) is 0 Å². The lowest BCUT2D eigenvalue weighted by atomic mass is 9.80. The molecule has 0 aromatic heterocycles. The van der Waals surface area contributed by atoms with Gasteiger partial charge in [0.05, 0.1) is 0 Å². The molecule has 1 aliphatic carbocycles.